The van der Waals surface area contributed by atoms with Gasteiger partial charge in [-0.1, -0.05) is 25.1 Å². The van der Waals surface area contributed by atoms with Crippen LogP contribution in [-0.2, 0) is 12.1 Å². The van der Waals surface area contributed by atoms with E-state index in [0.717, 1.165) is 0 Å². The molecule has 176 valence electrons. The summed E-state index contributed by atoms with van der Waals surface area (Å²) in [6.45, 7) is 2.77. The molecule has 0 fully saturated rings. The second-order valence-electron chi connectivity index (χ2n) is 7.15. The summed E-state index contributed by atoms with van der Waals surface area (Å²) in [6.07, 6.45) is -13.9. The number of carbonyl (C=O) groups excluding carboxylic acids is 1. The zero-order valence-corrected chi connectivity index (χ0v) is 17.3. The number of alkyl halides is 7. The van der Waals surface area contributed by atoms with E-state index in [1.54, 1.807) is 0 Å². The van der Waals surface area contributed by atoms with Crippen LogP contribution in [-0.4, -0.2) is 25.4 Å². The number of nitrogens with one attached hydrogen (secondary N) is 1. The van der Waals surface area contributed by atoms with Crippen LogP contribution in [0.25, 0.3) is 0 Å². The van der Waals surface area contributed by atoms with Gasteiger partial charge in [-0.15, -0.1) is 0 Å². The van der Waals surface area contributed by atoms with Gasteiger partial charge in [-0.2, -0.15) is 26.3 Å². The number of rotatable bonds is 6. The number of para-hydroxylation sites is 1. The Bertz CT molecular complexity index is 1000. The first-order chi connectivity index (χ1) is 14.6. The number of hydrogen-bond donors (Lipinski definition) is 2. The maximum absolute atomic E-state index is 14.9. The lowest BCUT2D eigenvalue weighted by atomic mass is 9.87. The lowest BCUT2D eigenvalue weighted by Crippen LogP contribution is -2.42. The molecule has 0 spiro atoms. The molecule has 2 aromatic carbocycles. The van der Waals surface area contributed by atoms with Gasteiger partial charge in [0.25, 0.3) is 5.91 Å². The smallest absolute Gasteiger partial charge is 0.427 e. The van der Waals surface area contributed by atoms with E-state index in [9.17, 15) is 35.5 Å². The third kappa shape index (κ3) is 5.08. The number of nitrogen functional groups attached to an aromatic ring is 1. The molecule has 0 saturated carbocycles. The Morgan fingerprint density at radius 2 is 1.72 bits per heavy atom. The van der Waals surface area contributed by atoms with E-state index < -0.39 is 35.9 Å². The first-order valence-corrected chi connectivity index (χ1v) is 9.34. The molecular weight excluding hydrogens is 445 g/mol. The number of carbonyl (C=O) groups is 1. The Balaban J connectivity index is 2.55. The van der Waals surface area contributed by atoms with Gasteiger partial charge in [-0.25, -0.2) is 4.39 Å². The summed E-state index contributed by atoms with van der Waals surface area (Å²) in [5.41, 5.74) is 0.193. The fraction of sp³-hybridized carbons (Fsp3) is 0.381. The van der Waals surface area contributed by atoms with Gasteiger partial charge in [0, 0.05) is 5.69 Å². The molecule has 1 unspecified atom stereocenters. The molecule has 0 heterocycles. The van der Waals surface area contributed by atoms with Crippen molar-refractivity contribution in [1.29, 1.82) is 0 Å². The summed E-state index contributed by atoms with van der Waals surface area (Å²) >= 11 is 0. The highest BCUT2D eigenvalue weighted by atomic mass is 19.4. The fourth-order valence-electron chi connectivity index (χ4n) is 3.33. The topological polar surface area (TPSA) is 64.4 Å². The zero-order valence-electron chi connectivity index (χ0n) is 17.3. The maximum atomic E-state index is 14.9. The summed E-state index contributed by atoms with van der Waals surface area (Å²) in [5, 5.41) is 2.51. The molecule has 0 bridgehead atoms. The number of amides is 1. The van der Waals surface area contributed by atoms with Crippen molar-refractivity contribution in [3.8, 4) is 5.75 Å². The Kier molecular flexibility index (Phi) is 7.01. The van der Waals surface area contributed by atoms with Gasteiger partial charge in [0.05, 0.1) is 24.8 Å². The minimum Gasteiger partial charge on any atom is -0.494 e. The number of halogens is 7. The predicted octanol–water partition coefficient (Wildman–Crippen LogP) is 6.08. The van der Waals surface area contributed by atoms with Crippen LogP contribution in [0, 0.1) is 6.92 Å². The van der Waals surface area contributed by atoms with Crippen molar-refractivity contribution >= 4 is 17.3 Å². The van der Waals surface area contributed by atoms with Crippen molar-refractivity contribution in [2.75, 3.05) is 18.2 Å². The predicted molar refractivity (Wildman–Crippen MR) is 105 cm³/mol. The number of benzene rings is 2. The molecule has 0 aliphatic heterocycles. The molecule has 0 radical (unpaired) electrons. The van der Waals surface area contributed by atoms with Gasteiger partial charge in [0.1, 0.15) is 0 Å². The third-order valence-corrected chi connectivity index (χ3v) is 4.88. The molecule has 0 aromatic heterocycles. The Labute approximate surface area is 179 Å². The molecule has 2 rings (SSSR count). The highest BCUT2D eigenvalue weighted by Crippen LogP contribution is 2.50. The van der Waals surface area contributed by atoms with E-state index in [1.807, 2.05) is 0 Å². The van der Waals surface area contributed by atoms with Gasteiger partial charge < -0.3 is 15.8 Å². The average Bonchev–Trinajstić information content (AvgIpc) is 2.66. The monoisotopic (exact) mass is 466 g/mol. The third-order valence-electron chi connectivity index (χ3n) is 4.88. The molecule has 32 heavy (non-hydrogen) atoms. The first-order valence-electron chi connectivity index (χ1n) is 9.34. The normalized spacial score (nSPS) is 14.1. The van der Waals surface area contributed by atoms with Crippen LogP contribution < -0.4 is 15.8 Å². The number of aryl methyl sites for hydroxylation is 2. The van der Waals surface area contributed by atoms with Crippen molar-refractivity contribution in [1.82, 2.24) is 0 Å². The lowest BCUT2D eigenvalue weighted by molar-refractivity contribution is -0.273. The van der Waals surface area contributed by atoms with Crippen LogP contribution in [0.2, 0.25) is 0 Å². The van der Waals surface area contributed by atoms with E-state index in [4.69, 9.17) is 10.5 Å². The number of ether oxygens (including phenoxy) is 1. The lowest BCUT2D eigenvalue weighted by Gasteiger charge is -2.30. The van der Waals surface area contributed by atoms with Crippen molar-refractivity contribution in [2.24, 2.45) is 0 Å². The summed E-state index contributed by atoms with van der Waals surface area (Å²) in [7, 11) is 1.29. The molecule has 3 N–H and O–H groups in total. The number of anilines is 2. The van der Waals surface area contributed by atoms with E-state index in [2.05, 4.69) is 5.32 Å². The molecule has 0 aliphatic rings. The molecule has 1 atom stereocenters. The van der Waals surface area contributed by atoms with E-state index in [0.29, 0.717) is 12.1 Å². The minimum atomic E-state index is -5.81. The molecule has 2 aromatic rings. The molecule has 1 amide bonds. The van der Waals surface area contributed by atoms with Gasteiger partial charge >= 0.3 is 12.4 Å². The van der Waals surface area contributed by atoms with Gasteiger partial charge in [0.15, 0.2) is 5.75 Å². The zero-order chi connectivity index (χ0) is 24.5. The first kappa shape index (κ1) is 25.3. The van der Waals surface area contributed by atoms with Crippen LogP contribution in [0.4, 0.5) is 42.1 Å². The number of hydrogen-bond acceptors (Lipinski definition) is 3. The van der Waals surface area contributed by atoms with Gasteiger partial charge in [0.2, 0.25) is 5.67 Å². The Morgan fingerprint density at radius 1 is 1.09 bits per heavy atom. The second-order valence-corrected chi connectivity index (χ2v) is 7.15. The van der Waals surface area contributed by atoms with Crippen LogP contribution in [0.15, 0.2) is 30.3 Å². The van der Waals surface area contributed by atoms with Gasteiger partial charge in [-0.3, -0.25) is 4.79 Å². The standard InChI is InChI=1S/C21H21F7N2O2/c1-4-12-9-13(19(22,21(26,27)28)10-20(23,24)25)8-11(2)16(12)30-18(31)14-6-5-7-15(29)17(14)32-3/h5-9H,4,10,29H2,1-3H3,(H,30,31). The summed E-state index contributed by atoms with van der Waals surface area (Å²) < 4.78 is 98.4. The summed E-state index contributed by atoms with van der Waals surface area (Å²) in [4.78, 5) is 12.7. The second kappa shape index (κ2) is 8.87. The summed E-state index contributed by atoms with van der Waals surface area (Å²) in [5.74, 6) is -0.639. The van der Waals surface area contributed by atoms with Crippen molar-refractivity contribution < 1.29 is 40.3 Å². The van der Waals surface area contributed by atoms with Crippen LogP contribution in [0.3, 0.4) is 0 Å². The number of nitrogens with two attached hydrogens (primary N) is 1. The molecule has 0 saturated heterocycles. The summed E-state index contributed by atoms with van der Waals surface area (Å²) in [6, 6.07) is 5.73. The van der Waals surface area contributed by atoms with Crippen LogP contribution in [0.5, 0.6) is 5.75 Å². The van der Waals surface area contributed by atoms with Gasteiger partial charge in [-0.05, 0) is 42.2 Å². The molecular formula is C21H21F7N2O2. The van der Waals surface area contributed by atoms with Crippen molar-refractivity contribution in [2.45, 2.75) is 44.7 Å². The van der Waals surface area contributed by atoms with E-state index >= 15 is 0 Å². The fourth-order valence-corrected chi connectivity index (χ4v) is 3.33. The maximum Gasteiger partial charge on any atom is 0.427 e. The number of methoxy groups -OCH3 is 1. The van der Waals surface area contributed by atoms with Crippen LogP contribution >= 0.6 is 0 Å². The highest BCUT2D eigenvalue weighted by Gasteiger charge is 2.62. The largest absolute Gasteiger partial charge is 0.494 e. The molecule has 0 aliphatic carbocycles. The average molecular weight is 466 g/mol. The highest BCUT2D eigenvalue weighted by molar-refractivity contribution is 6.08. The molecule has 4 nitrogen and oxygen atoms in total. The molecule has 11 heteroatoms. The minimum absolute atomic E-state index is 0.0122. The quantitative estimate of drug-likeness (QED) is 0.401. The van der Waals surface area contributed by atoms with Crippen molar-refractivity contribution in [3.63, 3.8) is 0 Å². The van der Waals surface area contributed by atoms with E-state index in [-0.39, 0.29) is 40.2 Å². The van der Waals surface area contributed by atoms with Crippen molar-refractivity contribution in [3.05, 3.63) is 52.6 Å². The SMILES string of the molecule is CCc1cc(C(F)(CC(F)(F)F)C(F)(F)F)cc(C)c1NC(=O)c1cccc(N)c1OC. The Hall–Kier alpha value is -2.98. The van der Waals surface area contributed by atoms with Crippen LogP contribution in [0.1, 0.15) is 40.4 Å². The van der Waals surface area contributed by atoms with E-state index in [1.165, 1.54) is 39.2 Å². The Morgan fingerprint density at radius 3 is 2.22 bits per heavy atom.